The highest BCUT2D eigenvalue weighted by molar-refractivity contribution is 5.83. The van der Waals surface area contributed by atoms with Crippen LogP contribution in [0.4, 0.5) is 0 Å². The van der Waals surface area contributed by atoms with E-state index in [1.165, 1.54) is 0 Å². The third-order valence-electron chi connectivity index (χ3n) is 2.09. The maximum Gasteiger partial charge on any atom is 0.224 e. The highest BCUT2D eigenvalue weighted by atomic mass is 16.1. The lowest BCUT2D eigenvalue weighted by atomic mass is 9.99. The monoisotopic (exact) mass is 150 g/mol. The summed E-state index contributed by atoms with van der Waals surface area (Å²) >= 11 is 0. The van der Waals surface area contributed by atoms with E-state index in [2.05, 4.69) is 5.32 Å². The molecule has 1 aliphatic heterocycles. The molecule has 0 aromatic rings. The Morgan fingerprint density at radius 1 is 1.64 bits per heavy atom. The quantitative estimate of drug-likeness (QED) is 0.512. The van der Waals surface area contributed by atoms with Gasteiger partial charge in [-0.3, -0.25) is 4.79 Å². The summed E-state index contributed by atoms with van der Waals surface area (Å²) in [4.78, 5) is 10.9. The van der Waals surface area contributed by atoms with Crippen molar-refractivity contribution in [2.24, 2.45) is 5.73 Å². The van der Waals surface area contributed by atoms with Gasteiger partial charge in [0.2, 0.25) is 5.91 Å². The molecule has 58 valence electrons. The lowest BCUT2D eigenvalue weighted by Gasteiger charge is -2.13. The first-order valence-corrected chi connectivity index (χ1v) is 3.71. The van der Waals surface area contributed by atoms with Gasteiger partial charge in [-0.1, -0.05) is 6.08 Å². The molecule has 3 N–H and O–H groups in total. The van der Waals surface area contributed by atoms with E-state index in [1.807, 2.05) is 12.2 Å². The fourth-order valence-electron chi connectivity index (χ4n) is 1.54. The van der Waals surface area contributed by atoms with Gasteiger partial charge in [-0.25, -0.2) is 0 Å². The van der Waals surface area contributed by atoms with Gasteiger partial charge in [-0.15, -0.1) is 0 Å². The Morgan fingerprint density at radius 2 is 2.45 bits per heavy atom. The number of hydrogen-bond acceptors (Lipinski definition) is 2. The highest BCUT2D eigenvalue weighted by Crippen LogP contribution is 2.23. The summed E-state index contributed by atoms with van der Waals surface area (Å²) in [7, 11) is 0. The molecule has 1 unspecified atom stereocenters. The van der Waals surface area contributed by atoms with E-state index in [4.69, 9.17) is 5.73 Å². The Balaban J connectivity index is 2.26. The van der Waals surface area contributed by atoms with Crippen molar-refractivity contribution in [3.63, 3.8) is 0 Å². The molecular weight excluding hydrogens is 140 g/mol. The molecule has 0 spiro atoms. The van der Waals surface area contributed by atoms with Crippen LogP contribution in [-0.2, 0) is 4.79 Å². The van der Waals surface area contributed by atoms with E-state index in [9.17, 15) is 4.79 Å². The standard InChI is InChI=1S/C8H10N2O/c9-6-1-2-7-5(3-6)4-8(11)10-7/h1,3,7H,2,4,9H2,(H,10,11). The van der Waals surface area contributed by atoms with Crippen LogP contribution in [0.3, 0.4) is 0 Å². The number of carbonyl (C=O) groups excluding carboxylic acids is 1. The van der Waals surface area contributed by atoms with Gasteiger partial charge in [-0.05, 0) is 18.1 Å². The van der Waals surface area contributed by atoms with Crippen molar-refractivity contribution >= 4 is 5.91 Å². The Kier molecular flexibility index (Phi) is 1.24. The number of rotatable bonds is 0. The summed E-state index contributed by atoms with van der Waals surface area (Å²) < 4.78 is 0. The normalized spacial score (nSPS) is 28.7. The summed E-state index contributed by atoms with van der Waals surface area (Å²) in [6, 6.07) is 0.231. The Morgan fingerprint density at radius 3 is 3.27 bits per heavy atom. The van der Waals surface area contributed by atoms with Crippen LogP contribution in [0, 0.1) is 0 Å². The average molecular weight is 150 g/mol. The molecule has 1 atom stereocenters. The van der Waals surface area contributed by atoms with Crippen LogP contribution in [0.15, 0.2) is 23.4 Å². The number of hydrogen-bond donors (Lipinski definition) is 2. The van der Waals surface area contributed by atoms with E-state index >= 15 is 0 Å². The summed E-state index contributed by atoms with van der Waals surface area (Å²) in [5, 5.41) is 2.87. The summed E-state index contributed by atoms with van der Waals surface area (Å²) in [6.07, 6.45) is 5.22. The Labute approximate surface area is 65.0 Å². The molecule has 1 aliphatic carbocycles. The first-order valence-electron chi connectivity index (χ1n) is 3.71. The number of allylic oxidation sites excluding steroid dienone is 1. The number of carbonyl (C=O) groups is 1. The molecule has 0 radical (unpaired) electrons. The van der Waals surface area contributed by atoms with Gasteiger partial charge >= 0.3 is 0 Å². The molecule has 0 aromatic carbocycles. The predicted molar refractivity (Wildman–Crippen MR) is 41.5 cm³/mol. The third-order valence-corrected chi connectivity index (χ3v) is 2.09. The van der Waals surface area contributed by atoms with Crippen LogP contribution in [0.5, 0.6) is 0 Å². The summed E-state index contributed by atoms with van der Waals surface area (Å²) in [6.45, 7) is 0. The summed E-state index contributed by atoms with van der Waals surface area (Å²) in [5.74, 6) is 0.115. The highest BCUT2D eigenvalue weighted by Gasteiger charge is 2.27. The minimum absolute atomic E-state index is 0.115. The molecule has 0 bridgehead atoms. The van der Waals surface area contributed by atoms with Crippen molar-refractivity contribution in [1.29, 1.82) is 0 Å². The fraction of sp³-hybridized carbons (Fsp3) is 0.375. The van der Waals surface area contributed by atoms with Gasteiger partial charge in [0.1, 0.15) is 0 Å². The number of nitrogens with one attached hydrogen (secondary N) is 1. The molecule has 1 heterocycles. The van der Waals surface area contributed by atoms with Crippen LogP contribution >= 0.6 is 0 Å². The van der Waals surface area contributed by atoms with Crippen molar-refractivity contribution in [1.82, 2.24) is 5.32 Å². The maximum absolute atomic E-state index is 10.9. The van der Waals surface area contributed by atoms with E-state index in [0.29, 0.717) is 6.42 Å². The van der Waals surface area contributed by atoms with Gasteiger partial charge in [0, 0.05) is 12.1 Å². The van der Waals surface area contributed by atoms with Crippen LogP contribution in [0.1, 0.15) is 12.8 Å². The molecule has 1 amide bonds. The Hall–Kier alpha value is -1.25. The van der Waals surface area contributed by atoms with Crippen LogP contribution in [-0.4, -0.2) is 11.9 Å². The van der Waals surface area contributed by atoms with Crippen LogP contribution < -0.4 is 11.1 Å². The summed E-state index contributed by atoms with van der Waals surface area (Å²) in [5.41, 5.74) is 7.50. The molecule has 3 heteroatoms. The largest absolute Gasteiger partial charge is 0.399 e. The predicted octanol–water partition coefficient (Wildman–Crippen LogP) is 0.0476. The molecule has 3 nitrogen and oxygen atoms in total. The van der Waals surface area contributed by atoms with Gasteiger partial charge in [0.25, 0.3) is 0 Å². The lowest BCUT2D eigenvalue weighted by Crippen LogP contribution is -2.26. The molecule has 0 saturated carbocycles. The second-order valence-corrected chi connectivity index (χ2v) is 2.96. The molecule has 2 rings (SSSR count). The maximum atomic E-state index is 10.9. The van der Waals surface area contributed by atoms with Gasteiger partial charge in [-0.2, -0.15) is 0 Å². The number of nitrogens with two attached hydrogens (primary N) is 1. The average Bonchev–Trinajstić information content (AvgIpc) is 2.27. The second kappa shape index (κ2) is 2.12. The van der Waals surface area contributed by atoms with Crippen molar-refractivity contribution in [2.45, 2.75) is 18.9 Å². The van der Waals surface area contributed by atoms with Crippen molar-refractivity contribution in [3.05, 3.63) is 23.4 Å². The van der Waals surface area contributed by atoms with Crippen molar-refractivity contribution < 1.29 is 4.79 Å². The number of fused-ring (bicyclic) bond motifs is 1. The lowest BCUT2D eigenvalue weighted by molar-refractivity contribution is -0.119. The van der Waals surface area contributed by atoms with Crippen LogP contribution in [0.2, 0.25) is 0 Å². The van der Waals surface area contributed by atoms with Gasteiger partial charge < -0.3 is 11.1 Å². The smallest absolute Gasteiger partial charge is 0.224 e. The van der Waals surface area contributed by atoms with E-state index < -0.39 is 0 Å². The second-order valence-electron chi connectivity index (χ2n) is 2.96. The van der Waals surface area contributed by atoms with E-state index in [1.54, 1.807) is 0 Å². The zero-order valence-electron chi connectivity index (χ0n) is 6.13. The van der Waals surface area contributed by atoms with Crippen molar-refractivity contribution in [2.75, 3.05) is 0 Å². The zero-order chi connectivity index (χ0) is 7.84. The van der Waals surface area contributed by atoms with Gasteiger partial charge in [0.05, 0.1) is 6.04 Å². The molecule has 1 fully saturated rings. The van der Waals surface area contributed by atoms with E-state index in [-0.39, 0.29) is 11.9 Å². The minimum Gasteiger partial charge on any atom is -0.399 e. The molecule has 1 saturated heterocycles. The first kappa shape index (κ1) is 6.46. The minimum atomic E-state index is 0.115. The fourth-order valence-corrected chi connectivity index (χ4v) is 1.54. The molecular formula is C8H10N2O. The van der Waals surface area contributed by atoms with E-state index in [0.717, 1.165) is 17.7 Å². The number of amides is 1. The first-order chi connectivity index (χ1) is 5.25. The van der Waals surface area contributed by atoms with Crippen molar-refractivity contribution in [3.8, 4) is 0 Å². The molecule has 11 heavy (non-hydrogen) atoms. The SMILES string of the molecule is NC1=CCC2NC(=O)CC2=C1. The molecule has 2 aliphatic rings. The topological polar surface area (TPSA) is 55.1 Å². The Bertz CT molecular complexity index is 265. The zero-order valence-corrected chi connectivity index (χ0v) is 6.13. The third kappa shape index (κ3) is 1.02. The van der Waals surface area contributed by atoms with Crippen LogP contribution in [0.25, 0.3) is 0 Å². The van der Waals surface area contributed by atoms with Gasteiger partial charge in [0.15, 0.2) is 0 Å². The molecule has 0 aromatic heterocycles.